The summed E-state index contributed by atoms with van der Waals surface area (Å²) in [5.41, 5.74) is 6.40. The Morgan fingerprint density at radius 1 is 0.903 bits per heavy atom. The second-order valence-corrected chi connectivity index (χ2v) is 8.88. The highest BCUT2D eigenvalue weighted by atomic mass is 16.5. The SMILES string of the molecule is COC(/C=C(\C)CCC=C(C)C)CC(C)=CCC/C(C)=C/CC1=CC(=O)C=C(C)C1=O. The molecule has 0 amide bonds. The Morgan fingerprint density at radius 3 is 2.19 bits per heavy atom. The van der Waals surface area contributed by atoms with E-state index in [1.54, 1.807) is 14.0 Å². The van der Waals surface area contributed by atoms with E-state index in [1.165, 1.54) is 34.4 Å². The molecule has 0 saturated heterocycles. The molecule has 0 aromatic carbocycles. The summed E-state index contributed by atoms with van der Waals surface area (Å²) < 4.78 is 5.67. The van der Waals surface area contributed by atoms with Crippen LogP contribution < -0.4 is 0 Å². The van der Waals surface area contributed by atoms with Crippen molar-refractivity contribution in [2.24, 2.45) is 0 Å². The maximum Gasteiger partial charge on any atom is 0.185 e. The Bertz CT molecular complexity index is 824. The van der Waals surface area contributed by atoms with Crippen LogP contribution >= 0.6 is 0 Å². The second-order valence-electron chi connectivity index (χ2n) is 8.88. The molecule has 31 heavy (non-hydrogen) atoms. The normalized spacial score (nSPS) is 16.8. The van der Waals surface area contributed by atoms with Crippen LogP contribution in [0.15, 0.2) is 69.9 Å². The molecule has 0 radical (unpaired) electrons. The Morgan fingerprint density at radius 2 is 1.55 bits per heavy atom. The summed E-state index contributed by atoms with van der Waals surface area (Å²) in [6.07, 6.45) is 17.3. The second kappa shape index (κ2) is 13.9. The number of allylic oxidation sites excluding steroid dienone is 10. The number of hydrogen-bond donors (Lipinski definition) is 0. The van der Waals surface area contributed by atoms with Gasteiger partial charge in [-0.05, 0) is 92.2 Å². The van der Waals surface area contributed by atoms with Crippen LogP contribution in [0.5, 0.6) is 0 Å². The fraction of sp³-hybridized carbons (Fsp3) is 0.500. The number of rotatable bonds is 12. The first-order valence-electron chi connectivity index (χ1n) is 11.2. The largest absolute Gasteiger partial charge is 0.377 e. The van der Waals surface area contributed by atoms with E-state index in [1.807, 2.05) is 0 Å². The van der Waals surface area contributed by atoms with E-state index >= 15 is 0 Å². The predicted molar refractivity (Wildman–Crippen MR) is 131 cm³/mol. The van der Waals surface area contributed by atoms with Crippen molar-refractivity contribution >= 4 is 11.6 Å². The highest BCUT2D eigenvalue weighted by molar-refractivity contribution is 6.20. The molecule has 1 aliphatic carbocycles. The minimum Gasteiger partial charge on any atom is -0.377 e. The van der Waals surface area contributed by atoms with Crippen LogP contribution in [0.1, 0.15) is 80.1 Å². The number of Topliss-reactive ketones (excluding diaryl/α,β-unsaturated/α-hetero) is 1. The summed E-state index contributed by atoms with van der Waals surface area (Å²) in [4.78, 5) is 23.8. The van der Waals surface area contributed by atoms with E-state index in [-0.39, 0.29) is 17.7 Å². The van der Waals surface area contributed by atoms with Crippen LogP contribution in [-0.2, 0) is 14.3 Å². The highest BCUT2D eigenvalue weighted by Crippen LogP contribution is 2.19. The molecule has 0 aromatic rings. The number of ether oxygens (including phenoxy) is 1. The van der Waals surface area contributed by atoms with Crippen molar-refractivity contribution < 1.29 is 14.3 Å². The van der Waals surface area contributed by atoms with Crippen molar-refractivity contribution in [3.05, 3.63) is 69.9 Å². The van der Waals surface area contributed by atoms with Crippen LogP contribution in [0.25, 0.3) is 0 Å². The summed E-state index contributed by atoms with van der Waals surface area (Å²) in [5, 5.41) is 0. The van der Waals surface area contributed by atoms with Crippen molar-refractivity contribution in [1.82, 2.24) is 0 Å². The lowest BCUT2D eigenvalue weighted by Gasteiger charge is -2.13. The zero-order chi connectivity index (χ0) is 23.4. The minimum atomic E-state index is -0.0920. The van der Waals surface area contributed by atoms with Gasteiger partial charge in [0.15, 0.2) is 11.6 Å². The van der Waals surface area contributed by atoms with Gasteiger partial charge in [0, 0.05) is 18.3 Å². The smallest absolute Gasteiger partial charge is 0.185 e. The number of carbonyl (C=O) groups is 2. The first-order valence-corrected chi connectivity index (χ1v) is 11.2. The topological polar surface area (TPSA) is 43.4 Å². The number of ketones is 2. The summed E-state index contributed by atoms with van der Waals surface area (Å²) in [6, 6.07) is 0. The van der Waals surface area contributed by atoms with E-state index < -0.39 is 0 Å². The average Bonchev–Trinajstić information content (AvgIpc) is 2.68. The summed E-state index contributed by atoms with van der Waals surface area (Å²) >= 11 is 0. The van der Waals surface area contributed by atoms with E-state index in [4.69, 9.17) is 4.74 Å². The van der Waals surface area contributed by atoms with Gasteiger partial charge in [-0.15, -0.1) is 0 Å². The Labute approximate surface area is 189 Å². The summed E-state index contributed by atoms with van der Waals surface area (Å²) in [6.45, 7) is 12.4. The molecule has 3 heteroatoms. The van der Waals surface area contributed by atoms with Crippen LogP contribution in [0, 0.1) is 0 Å². The lowest BCUT2D eigenvalue weighted by molar-refractivity contribution is -0.115. The lowest BCUT2D eigenvalue weighted by Crippen LogP contribution is -2.12. The van der Waals surface area contributed by atoms with Crippen LogP contribution in [0.2, 0.25) is 0 Å². The molecular weight excluding hydrogens is 384 g/mol. The van der Waals surface area contributed by atoms with Gasteiger partial charge in [-0.25, -0.2) is 0 Å². The zero-order valence-electron chi connectivity index (χ0n) is 20.5. The fourth-order valence-corrected chi connectivity index (χ4v) is 3.50. The average molecular weight is 425 g/mol. The zero-order valence-corrected chi connectivity index (χ0v) is 20.5. The van der Waals surface area contributed by atoms with Crippen molar-refractivity contribution in [1.29, 1.82) is 0 Å². The molecule has 0 saturated carbocycles. The molecular formula is C28H40O3. The third-order valence-electron chi connectivity index (χ3n) is 5.41. The van der Waals surface area contributed by atoms with Gasteiger partial charge in [-0.2, -0.15) is 0 Å². The maximum absolute atomic E-state index is 12.1. The van der Waals surface area contributed by atoms with E-state index in [0.717, 1.165) is 32.1 Å². The molecule has 170 valence electrons. The molecule has 1 rings (SSSR count). The van der Waals surface area contributed by atoms with E-state index in [9.17, 15) is 9.59 Å². The lowest BCUT2D eigenvalue weighted by atomic mass is 9.94. The first kappa shape index (κ1) is 26.8. The minimum absolute atomic E-state index is 0.0193. The Kier molecular flexibility index (Phi) is 12.0. The molecule has 1 unspecified atom stereocenters. The van der Waals surface area contributed by atoms with Crippen molar-refractivity contribution in [3.63, 3.8) is 0 Å². The molecule has 0 N–H and O–H groups in total. The van der Waals surface area contributed by atoms with E-state index in [2.05, 4.69) is 58.9 Å². The molecule has 1 aliphatic rings. The van der Waals surface area contributed by atoms with E-state index in [0.29, 0.717) is 17.6 Å². The highest BCUT2D eigenvalue weighted by Gasteiger charge is 2.17. The number of methoxy groups -OCH3 is 1. The molecule has 0 aliphatic heterocycles. The predicted octanol–water partition coefficient (Wildman–Crippen LogP) is 7.17. The molecule has 0 bridgehead atoms. The fourth-order valence-electron chi connectivity index (χ4n) is 3.50. The summed E-state index contributed by atoms with van der Waals surface area (Å²) in [5.74, 6) is -0.111. The molecule has 1 atom stereocenters. The maximum atomic E-state index is 12.1. The van der Waals surface area contributed by atoms with Crippen LogP contribution in [0.4, 0.5) is 0 Å². The standard InChI is InChI=1S/C28H40O3/c1-20(2)10-8-12-22(4)16-27(31-7)17-23(5)13-9-11-21(3)14-15-25-19-26(29)18-24(6)28(25)30/h10,13-14,16,18-19,27H,8-9,11-12,15,17H2,1-7H3/b21-14+,22-16+,23-13?. The van der Waals surface area contributed by atoms with Gasteiger partial charge < -0.3 is 4.74 Å². The van der Waals surface area contributed by atoms with Gasteiger partial charge >= 0.3 is 0 Å². The van der Waals surface area contributed by atoms with Crippen molar-refractivity contribution in [2.45, 2.75) is 86.2 Å². The quantitative estimate of drug-likeness (QED) is 0.246. The van der Waals surface area contributed by atoms with Crippen LogP contribution in [-0.4, -0.2) is 24.8 Å². The monoisotopic (exact) mass is 424 g/mol. The van der Waals surface area contributed by atoms with Gasteiger partial charge in [0.25, 0.3) is 0 Å². The van der Waals surface area contributed by atoms with Crippen molar-refractivity contribution in [2.75, 3.05) is 7.11 Å². The van der Waals surface area contributed by atoms with Gasteiger partial charge in [0.1, 0.15) is 0 Å². The van der Waals surface area contributed by atoms with Gasteiger partial charge in [0.05, 0.1) is 6.10 Å². The molecule has 0 spiro atoms. The molecule has 0 aromatic heterocycles. The molecule has 0 heterocycles. The van der Waals surface area contributed by atoms with Crippen LogP contribution in [0.3, 0.4) is 0 Å². The number of hydrogen-bond acceptors (Lipinski definition) is 3. The van der Waals surface area contributed by atoms with Gasteiger partial charge in [-0.3, -0.25) is 9.59 Å². The van der Waals surface area contributed by atoms with Gasteiger partial charge in [0.2, 0.25) is 0 Å². The number of carbonyl (C=O) groups excluding carboxylic acids is 2. The Hall–Kier alpha value is -2.26. The van der Waals surface area contributed by atoms with Crippen molar-refractivity contribution in [3.8, 4) is 0 Å². The first-order chi connectivity index (χ1) is 14.6. The molecule has 3 nitrogen and oxygen atoms in total. The Balaban J connectivity index is 2.51. The van der Waals surface area contributed by atoms with Gasteiger partial charge in [-0.1, -0.05) is 46.6 Å². The third kappa shape index (κ3) is 11.1. The third-order valence-corrected chi connectivity index (χ3v) is 5.41. The molecule has 0 fully saturated rings. The summed E-state index contributed by atoms with van der Waals surface area (Å²) in [7, 11) is 1.77.